The lowest BCUT2D eigenvalue weighted by atomic mass is 10.1. The molecule has 26 heavy (non-hydrogen) atoms. The molecule has 1 unspecified atom stereocenters. The first-order valence-electron chi connectivity index (χ1n) is 8.26. The molecule has 0 spiro atoms. The van der Waals surface area contributed by atoms with Crippen LogP contribution in [0.3, 0.4) is 0 Å². The van der Waals surface area contributed by atoms with Crippen LogP contribution >= 0.6 is 35.3 Å². The minimum atomic E-state index is -0.396. The maximum absolute atomic E-state index is 10.7. The number of hydrogen-bond acceptors (Lipinski definition) is 4. The fourth-order valence-electron chi connectivity index (χ4n) is 2.01. The Morgan fingerprint density at radius 3 is 2.46 bits per heavy atom. The van der Waals surface area contributed by atoms with E-state index in [1.165, 1.54) is 17.0 Å². The average Bonchev–Trinajstić information content (AvgIpc) is 3.10. The summed E-state index contributed by atoms with van der Waals surface area (Å²) in [5, 5.41) is 19.5. The summed E-state index contributed by atoms with van der Waals surface area (Å²) in [7, 11) is 0. The molecule has 2 N–H and O–H groups in total. The number of nitrogens with zero attached hydrogens (tertiary/aromatic N) is 2. The van der Waals surface area contributed by atoms with Crippen LogP contribution < -0.4 is 10.6 Å². The van der Waals surface area contributed by atoms with Gasteiger partial charge in [-0.15, -0.1) is 35.3 Å². The molecule has 6 nitrogen and oxygen atoms in total. The van der Waals surface area contributed by atoms with E-state index in [4.69, 9.17) is 0 Å². The molecule has 1 atom stereocenters. The number of nitro groups is 1. The van der Waals surface area contributed by atoms with Crippen LogP contribution in [0.2, 0.25) is 0 Å². The molecule has 1 aromatic heterocycles. The Hall–Kier alpha value is -1.68. The van der Waals surface area contributed by atoms with Gasteiger partial charge in [-0.2, -0.15) is 0 Å². The van der Waals surface area contributed by atoms with Crippen molar-refractivity contribution in [1.29, 1.82) is 0 Å². The van der Waals surface area contributed by atoms with Gasteiger partial charge < -0.3 is 10.6 Å². The summed E-state index contributed by atoms with van der Waals surface area (Å²) in [4.78, 5) is 16.2. The summed E-state index contributed by atoms with van der Waals surface area (Å²) in [6.07, 6.45) is 0. The summed E-state index contributed by atoms with van der Waals surface area (Å²) < 4.78 is 0. The first-order chi connectivity index (χ1) is 12.0. The molecule has 0 radical (unpaired) electrons. The second kappa shape index (κ2) is 11.1. The van der Waals surface area contributed by atoms with Crippen LogP contribution in [0.15, 0.2) is 46.8 Å². The summed E-state index contributed by atoms with van der Waals surface area (Å²) in [6, 6.07) is 10.9. The summed E-state index contributed by atoms with van der Waals surface area (Å²) in [5.74, 6) is 1.22. The number of guanidine groups is 1. The highest BCUT2D eigenvalue weighted by Gasteiger charge is 2.10. The van der Waals surface area contributed by atoms with Crippen LogP contribution in [0.1, 0.15) is 31.2 Å². The third-order valence-corrected chi connectivity index (χ3v) is 4.82. The van der Waals surface area contributed by atoms with Crippen LogP contribution in [0.4, 0.5) is 5.69 Å². The predicted molar refractivity (Wildman–Crippen MR) is 118 cm³/mol. The molecule has 0 amide bonds. The molecule has 0 fully saturated rings. The standard InChI is InChI=1S/C18H24N4O2S.HI/c1-13(2)14(3)21-18(20-12-17-5-4-10-25-17)19-11-15-6-8-16(9-7-15)22(23)24;/h4-10,13-14H,11-12H2,1-3H3,(H2,19,20,21);1H. The van der Waals surface area contributed by atoms with Gasteiger partial charge in [0.25, 0.3) is 5.69 Å². The second-order valence-electron chi connectivity index (χ2n) is 6.20. The zero-order chi connectivity index (χ0) is 18.2. The van der Waals surface area contributed by atoms with Gasteiger partial charge in [-0.1, -0.05) is 32.0 Å². The number of halogens is 1. The lowest BCUT2D eigenvalue weighted by Gasteiger charge is -2.21. The number of nitrogens with one attached hydrogen (secondary N) is 2. The maximum Gasteiger partial charge on any atom is 0.269 e. The Bertz CT molecular complexity index is 702. The predicted octanol–water partition coefficient (Wildman–Crippen LogP) is 4.55. The van der Waals surface area contributed by atoms with E-state index < -0.39 is 4.92 Å². The first-order valence-corrected chi connectivity index (χ1v) is 9.14. The van der Waals surface area contributed by atoms with Crippen molar-refractivity contribution in [2.75, 3.05) is 0 Å². The number of thiophene rings is 1. The lowest BCUT2D eigenvalue weighted by molar-refractivity contribution is -0.384. The molecule has 142 valence electrons. The van der Waals surface area contributed by atoms with E-state index in [2.05, 4.69) is 47.8 Å². The Kier molecular flexibility index (Phi) is 9.57. The Morgan fingerprint density at radius 1 is 1.23 bits per heavy atom. The van der Waals surface area contributed by atoms with Crippen molar-refractivity contribution in [3.63, 3.8) is 0 Å². The highest BCUT2D eigenvalue weighted by Crippen LogP contribution is 2.13. The van der Waals surface area contributed by atoms with Crippen LogP contribution in [-0.2, 0) is 13.1 Å². The Morgan fingerprint density at radius 2 is 1.92 bits per heavy atom. The first kappa shape index (κ1) is 22.4. The smallest absolute Gasteiger partial charge is 0.269 e. The number of hydrogen-bond donors (Lipinski definition) is 2. The molecule has 0 bridgehead atoms. The molecular weight excluding hydrogens is 463 g/mol. The minimum absolute atomic E-state index is 0. The van der Waals surface area contributed by atoms with Gasteiger partial charge in [0.15, 0.2) is 5.96 Å². The monoisotopic (exact) mass is 488 g/mol. The Balaban J connectivity index is 0.00000338. The molecule has 2 rings (SSSR count). The third kappa shape index (κ3) is 7.28. The fraction of sp³-hybridized carbons (Fsp3) is 0.389. The van der Waals surface area contributed by atoms with E-state index in [1.54, 1.807) is 23.5 Å². The molecule has 2 aromatic rings. The van der Waals surface area contributed by atoms with Gasteiger partial charge in [-0.05, 0) is 29.9 Å². The highest BCUT2D eigenvalue weighted by molar-refractivity contribution is 14.0. The van der Waals surface area contributed by atoms with Crippen molar-refractivity contribution >= 4 is 47.0 Å². The lowest BCUT2D eigenvalue weighted by Crippen LogP contribution is -2.44. The van der Waals surface area contributed by atoms with E-state index >= 15 is 0 Å². The van der Waals surface area contributed by atoms with Crippen molar-refractivity contribution in [2.24, 2.45) is 10.9 Å². The van der Waals surface area contributed by atoms with Crippen LogP contribution in [0, 0.1) is 16.0 Å². The van der Waals surface area contributed by atoms with Crippen molar-refractivity contribution in [1.82, 2.24) is 10.6 Å². The average molecular weight is 488 g/mol. The highest BCUT2D eigenvalue weighted by atomic mass is 127. The molecule has 0 saturated heterocycles. The quantitative estimate of drug-likeness (QED) is 0.197. The summed E-state index contributed by atoms with van der Waals surface area (Å²) >= 11 is 1.70. The van der Waals surface area contributed by atoms with Crippen LogP contribution in [-0.4, -0.2) is 16.9 Å². The topological polar surface area (TPSA) is 79.6 Å². The molecule has 8 heteroatoms. The van der Waals surface area contributed by atoms with E-state index in [-0.39, 0.29) is 35.7 Å². The molecule has 0 aliphatic rings. The molecule has 0 aliphatic carbocycles. The zero-order valence-corrected chi connectivity index (χ0v) is 18.3. The summed E-state index contributed by atoms with van der Waals surface area (Å²) in [6.45, 7) is 7.62. The number of aliphatic imine (C=N–C) groups is 1. The van der Waals surface area contributed by atoms with Crippen LogP contribution in [0.5, 0.6) is 0 Å². The van der Waals surface area contributed by atoms with Gasteiger partial charge >= 0.3 is 0 Å². The van der Waals surface area contributed by atoms with Gasteiger partial charge in [-0.25, -0.2) is 4.99 Å². The summed E-state index contributed by atoms with van der Waals surface area (Å²) in [5.41, 5.74) is 1.02. The van der Waals surface area contributed by atoms with Gasteiger partial charge in [0, 0.05) is 23.1 Å². The van der Waals surface area contributed by atoms with Gasteiger partial charge in [0.1, 0.15) is 0 Å². The molecular formula is C18H25IN4O2S. The van der Waals surface area contributed by atoms with Crippen molar-refractivity contribution < 1.29 is 4.92 Å². The normalized spacial score (nSPS) is 12.4. The largest absolute Gasteiger partial charge is 0.354 e. The van der Waals surface area contributed by atoms with Gasteiger partial charge in [0.05, 0.1) is 18.0 Å². The van der Waals surface area contributed by atoms with E-state index in [1.807, 2.05) is 6.07 Å². The number of nitro benzene ring substituents is 1. The van der Waals surface area contributed by atoms with Crippen molar-refractivity contribution in [3.05, 3.63) is 62.3 Å². The molecule has 0 aliphatic heterocycles. The zero-order valence-electron chi connectivity index (χ0n) is 15.1. The SMILES string of the molecule is CC(C)C(C)NC(=NCc1ccc([N+](=O)[O-])cc1)NCc1cccs1.I. The fourth-order valence-corrected chi connectivity index (χ4v) is 2.66. The van der Waals surface area contributed by atoms with E-state index in [9.17, 15) is 10.1 Å². The molecule has 0 saturated carbocycles. The maximum atomic E-state index is 10.7. The third-order valence-electron chi connectivity index (χ3n) is 3.94. The molecule has 1 heterocycles. The number of benzene rings is 1. The van der Waals surface area contributed by atoms with Gasteiger partial charge in [0.2, 0.25) is 0 Å². The van der Waals surface area contributed by atoms with Crippen molar-refractivity contribution in [3.8, 4) is 0 Å². The Labute approximate surface area is 175 Å². The van der Waals surface area contributed by atoms with E-state index in [0.29, 0.717) is 19.0 Å². The molecule has 1 aromatic carbocycles. The number of non-ortho nitro benzene ring substituents is 1. The van der Waals surface area contributed by atoms with Crippen LogP contribution in [0.25, 0.3) is 0 Å². The van der Waals surface area contributed by atoms with Crippen molar-refractivity contribution in [2.45, 2.75) is 39.9 Å². The second-order valence-corrected chi connectivity index (χ2v) is 7.23. The minimum Gasteiger partial charge on any atom is -0.354 e. The van der Waals surface area contributed by atoms with Gasteiger partial charge in [-0.3, -0.25) is 10.1 Å². The number of rotatable bonds is 7. The van der Waals surface area contributed by atoms with E-state index in [0.717, 1.165) is 11.5 Å².